The number of nitrogens with zero attached hydrogens (tertiary/aromatic N) is 1. The molecule has 166 valence electrons. The van der Waals surface area contributed by atoms with Gasteiger partial charge in [0.05, 0.1) is 0 Å². The highest BCUT2D eigenvalue weighted by Crippen LogP contribution is 2.30. The maximum atomic E-state index is 13.0. The number of likely N-dealkylation sites (tertiary alicyclic amines) is 1. The Morgan fingerprint density at radius 1 is 1.03 bits per heavy atom. The van der Waals surface area contributed by atoms with E-state index in [0.717, 1.165) is 56.3 Å². The molecule has 2 aliphatic rings. The molecule has 6 heteroatoms. The van der Waals surface area contributed by atoms with Gasteiger partial charge in [-0.15, -0.1) is 0 Å². The molecule has 1 heterocycles. The first-order valence-corrected chi connectivity index (χ1v) is 11.6. The van der Waals surface area contributed by atoms with Crippen LogP contribution in [-0.4, -0.2) is 48.6 Å². The predicted molar refractivity (Wildman–Crippen MR) is 120 cm³/mol. The largest absolute Gasteiger partial charge is 0.354 e. The first kappa shape index (κ1) is 22.6. The van der Waals surface area contributed by atoms with Crippen LogP contribution in [0.3, 0.4) is 0 Å². The van der Waals surface area contributed by atoms with Crippen LogP contribution in [0.25, 0.3) is 0 Å². The normalized spacial score (nSPS) is 23.7. The van der Waals surface area contributed by atoms with Crippen molar-refractivity contribution in [3.63, 3.8) is 0 Å². The van der Waals surface area contributed by atoms with Gasteiger partial charge in [0, 0.05) is 26.2 Å². The second-order valence-electron chi connectivity index (χ2n) is 9.40. The Bertz CT molecular complexity index is 678. The van der Waals surface area contributed by atoms with Crippen molar-refractivity contribution in [3.8, 4) is 0 Å². The van der Waals surface area contributed by atoms with Gasteiger partial charge < -0.3 is 20.9 Å². The van der Waals surface area contributed by atoms with Gasteiger partial charge in [-0.25, -0.2) is 4.79 Å². The number of rotatable bonds is 8. The maximum Gasteiger partial charge on any atom is 0.315 e. The monoisotopic (exact) mass is 414 g/mol. The van der Waals surface area contributed by atoms with Crippen LogP contribution in [-0.2, 0) is 11.3 Å². The number of nitrogens with one attached hydrogen (secondary N) is 3. The van der Waals surface area contributed by atoms with Crippen LogP contribution in [0.2, 0.25) is 0 Å². The Morgan fingerprint density at radius 3 is 2.37 bits per heavy atom. The van der Waals surface area contributed by atoms with Crippen LogP contribution in [0.4, 0.5) is 4.79 Å². The van der Waals surface area contributed by atoms with E-state index in [1.807, 2.05) is 30.3 Å². The molecule has 3 N–H and O–H groups in total. The molecule has 0 aromatic heterocycles. The van der Waals surface area contributed by atoms with Crippen molar-refractivity contribution in [2.24, 2.45) is 11.8 Å². The Morgan fingerprint density at radius 2 is 1.70 bits per heavy atom. The lowest BCUT2D eigenvalue weighted by Gasteiger charge is -2.35. The van der Waals surface area contributed by atoms with Gasteiger partial charge in [0.25, 0.3) is 0 Å². The van der Waals surface area contributed by atoms with Crippen LogP contribution in [0, 0.1) is 11.8 Å². The molecule has 1 aliphatic carbocycles. The zero-order valence-electron chi connectivity index (χ0n) is 18.6. The number of amides is 3. The van der Waals surface area contributed by atoms with E-state index < -0.39 is 5.54 Å². The summed E-state index contributed by atoms with van der Waals surface area (Å²) in [5.74, 6) is 1.47. The fourth-order valence-corrected chi connectivity index (χ4v) is 5.08. The fraction of sp³-hybridized carbons (Fsp3) is 0.667. The third-order valence-corrected chi connectivity index (χ3v) is 6.42. The molecule has 1 saturated heterocycles. The zero-order valence-corrected chi connectivity index (χ0v) is 18.6. The molecular formula is C24H38N4O2. The molecule has 1 aromatic carbocycles. The van der Waals surface area contributed by atoms with Crippen LogP contribution >= 0.6 is 0 Å². The topological polar surface area (TPSA) is 73.5 Å². The second kappa shape index (κ2) is 10.8. The van der Waals surface area contributed by atoms with E-state index >= 15 is 0 Å². The summed E-state index contributed by atoms with van der Waals surface area (Å²) in [6.45, 7) is 9.10. The molecule has 3 rings (SSSR count). The van der Waals surface area contributed by atoms with Crippen molar-refractivity contribution in [2.75, 3.05) is 26.2 Å². The maximum absolute atomic E-state index is 13.0. The Kier molecular flexibility index (Phi) is 8.14. The Hall–Kier alpha value is -2.08. The molecule has 1 aliphatic heterocycles. The minimum Gasteiger partial charge on any atom is -0.354 e. The van der Waals surface area contributed by atoms with Crippen LogP contribution in [0.1, 0.15) is 57.9 Å². The quantitative estimate of drug-likeness (QED) is 0.572. The summed E-state index contributed by atoms with van der Waals surface area (Å²) in [6.07, 6.45) is 5.61. The van der Waals surface area contributed by atoms with Crippen molar-refractivity contribution in [3.05, 3.63) is 35.9 Å². The number of hydrogen-bond donors (Lipinski definition) is 3. The standard InChI is InChI=1S/C24H38N4O2/c1-19-15-20(2)18-28(17-19)14-8-13-25-22(29)24(11-6-7-12-24)27-23(30)26-16-21-9-4-3-5-10-21/h3-5,9-10,19-20H,6-8,11-18H2,1-2H3,(H,25,29)(H2,26,27,30). The SMILES string of the molecule is CC1CC(C)CN(CCCNC(=O)C2(NC(=O)NCc3ccccc3)CCCC2)C1. The minimum atomic E-state index is -0.769. The lowest BCUT2D eigenvalue weighted by molar-refractivity contribution is -0.127. The van der Waals surface area contributed by atoms with Gasteiger partial charge >= 0.3 is 6.03 Å². The fourth-order valence-electron chi connectivity index (χ4n) is 5.08. The lowest BCUT2D eigenvalue weighted by Crippen LogP contribution is -2.59. The average Bonchev–Trinajstić information content (AvgIpc) is 3.19. The smallest absolute Gasteiger partial charge is 0.315 e. The van der Waals surface area contributed by atoms with E-state index in [-0.39, 0.29) is 11.9 Å². The van der Waals surface area contributed by atoms with Gasteiger partial charge in [-0.2, -0.15) is 0 Å². The minimum absolute atomic E-state index is 0.0322. The van der Waals surface area contributed by atoms with E-state index in [1.54, 1.807) is 0 Å². The van der Waals surface area contributed by atoms with Gasteiger partial charge in [0.1, 0.15) is 5.54 Å². The van der Waals surface area contributed by atoms with E-state index in [9.17, 15) is 9.59 Å². The summed E-state index contributed by atoms with van der Waals surface area (Å²) in [5.41, 5.74) is 0.272. The molecular weight excluding hydrogens is 376 g/mol. The van der Waals surface area contributed by atoms with Crippen molar-refractivity contribution in [2.45, 2.75) is 64.5 Å². The number of carbonyl (C=O) groups is 2. The molecule has 2 unspecified atom stereocenters. The van der Waals surface area contributed by atoms with Crippen LogP contribution in [0.15, 0.2) is 30.3 Å². The van der Waals surface area contributed by atoms with Crippen molar-refractivity contribution in [1.29, 1.82) is 0 Å². The Labute approximate surface area is 181 Å². The van der Waals surface area contributed by atoms with Crippen molar-refractivity contribution >= 4 is 11.9 Å². The Balaban J connectivity index is 1.42. The molecule has 0 radical (unpaired) electrons. The van der Waals surface area contributed by atoms with Gasteiger partial charge in [0.2, 0.25) is 5.91 Å². The van der Waals surface area contributed by atoms with E-state index in [0.29, 0.717) is 25.9 Å². The number of benzene rings is 1. The van der Waals surface area contributed by atoms with E-state index in [4.69, 9.17) is 0 Å². The molecule has 2 atom stereocenters. The highest BCUT2D eigenvalue weighted by molar-refractivity contribution is 5.91. The zero-order chi connectivity index (χ0) is 21.4. The van der Waals surface area contributed by atoms with E-state index in [2.05, 4.69) is 34.7 Å². The lowest BCUT2D eigenvalue weighted by atomic mass is 9.92. The molecule has 3 amide bonds. The average molecular weight is 415 g/mol. The van der Waals surface area contributed by atoms with Crippen molar-refractivity contribution in [1.82, 2.24) is 20.9 Å². The molecule has 2 fully saturated rings. The summed E-state index contributed by atoms with van der Waals surface area (Å²) in [4.78, 5) is 28.0. The molecule has 6 nitrogen and oxygen atoms in total. The highest BCUT2D eigenvalue weighted by Gasteiger charge is 2.42. The summed E-state index contributed by atoms with van der Waals surface area (Å²) < 4.78 is 0. The summed E-state index contributed by atoms with van der Waals surface area (Å²) in [7, 11) is 0. The van der Waals surface area contributed by atoms with Gasteiger partial charge in [0.15, 0.2) is 0 Å². The number of urea groups is 1. The molecule has 1 saturated carbocycles. The van der Waals surface area contributed by atoms with Crippen LogP contribution < -0.4 is 16.0 Å². The summed E-state index contributed by atoms with van der Waals surface area (Å²) in [5, 5.41) is 8.98. The van der Waals surface area contributed by atoms with E-state index in [1.165, 1.54) is 6.42 Å². The van der Waals surface area contributed by atoms with Gasteiger partial charge in [-0.1, -0.05) is 57.0 Å². The van der Waals surface area contributed by atoms with Gasteiger partial charge in [-0.05, 0) is 49.6 Å². The molecule has 0 spiro atoms. The first-order valence-electron chi connectivity index (χ1n) is 11.6. The summed E-state index contributed by atoms with van der Waals surface area (Å²) >= 11 is 0. The molecule has 0 bridgehead atoms. The number of hydrogen-bond acceptors (Lipinski definition) is 3. The molecule has 1 aromatic rings. The third-order valence-electron chi connectivity index (χ3n) is 6.42. The molecule has 30 heavy (non-hydrogen) atoms. The summed E-state index contributed by atoms with van der Waals surface area (Å²) in [6, 6.07) is 9.53. The predicted octanol–water partition coefficient (Wildman–Crippen LogP) is 3.28. The van der Waals surface area contributed by atoms with Gasteiger partial charge in [-0.3, -0.25) is 4.79 Å². The van der Waals surface area contributed by atoms with Crippen molar-refractivity contribution < 1.29 is 9.59 Å². The first-order chi connectivity index (χ1) is 14.5. The van der Waals surface area contributed by atoms with Crippen LogP contribution in [0.5, 0.6) is 0 Å². The second-order valence-corrected chi connectivity index (χ2v) is 9.40. The number of piperidine rings is 1. The highest BCUT2D eigenvalue weighted by atomic mass is 16.2. The number of carbonyl (C=O) groups excluding carboxylic acids is 2. The third kappa shape index (κ3) is 6.46.